The van der Waals surface area contributed by atoms with Gasteiger partial charge < -0.3 is 4.98 Å². The molecule has 54 valence electrons. The highest BCUT2D eigenvalue weighted by molar-refractivity contribution is 5.56. The van der Waals surface area contributed by atoms with Crippen molar-refractivity contribution in [3.8, 4) is 11.3 Å². The molecule has 0 aliphatic carbocycles. The number of nitrogens with one attached hydrogen (secondary N) is 1. The Labute approximate surface area is 64.1 Å². The van der Waals surface area contributed by atoms with E-state index in [1.165, 1.54) is 0 Å². The van der Waals surface area contributed by atoms with Gasteiger partial charge >= 0.3 is 0 Å². The highest BCUT2D eigenvalue weighted by atomic mass is 14.9. The molecular formula is C8H7N3. The first-order valence-corrected chi connectivity index (χ1v) is 3.36. The van der Waals surface area contributed by atoms with Gasteiger partial charge in [0.25, 0.3) is 0 Å². The van der Waals surface area contributed by atoms with E-state index in [1.54, 1.807) is 18.7 Å². The van der Waals surface area contributed by atoms with Gasteiger partial charge in [-0.15, -0.1) is 0 Å². The number of aromatic nitrogens is 3. The van der Waals surface area contributed by atoms with Crippen LogP contribution < -0.4 is 0 Å². The number of hydrogen-bond donors (Lipinski definition) is 1. The van der Waals surface area contributed by atoms with Crippen molar-refractivity contribution < 1.29 is 0 Å². The quantitative estimate of drug-likeness (QED) is 0.660. The first-order chi connectivity index (χ1) is 5.47. The van der Waals surface area contributed by atoms with E-state index in [9.17, 15) is 0 Å². The normalized spacial score (nSPS) is 9.82. The molecule has 2 aromatic heterocycles. The topological polar surface area (TPSA) is 41.6 Å². The van der Waals surface area contributed by atoms with E-state index in [0.29, 0.717) is 0 Å². The van der Waals surface area contributed by atoms with Crippen LogP contribution in [0, 0.1) is 0 Å². The van der Waals surface area contributed by atoms with Crippen molar-refractivity contribution in [2.24, 2.45) is 0 Å². The van der Waals surface area contributed by atoms with Crippen LogP contribution in [0.1, 0.15) is 0 Å². The Morgan fingerprint density at radius 1 is 1.18 bits per heavy atom. The number of pyridine rings is 1. The molecule has 0 fully saturated rings. The van der Waals surface area contributed by atoms with E-state index < -0.39 is 0 Å². The first kappa shape index (κ1) is 6.09. The molecule has 0 spiro atoms. The summed E-state index contributed by atoms with van der Waals surface area (Å²) in [5, 5.41) is 0. The van der Waals surface area contributed by atoms with Crippen LogP contribution in [-0.2, 0) is 0 Å². The summed E-state index contributed by atoms with van der Waals surface area (Å²) in [6.45, 7) is 0. The molecule has 0 aromatic carbocycles. The summed E-state index contributed by atoms with van der Waals surface area (Å²) in [5.74, 6) is 0. The second kappa shape index (κ2) is 2.54. The van der Waals surface area contributed by atoms with Crippen molar-refractivity contribution in [2.75, 3.05) is 0 Å². The molecule has 0 radical (unpaired) electrons. The Morgan fingerprint density at radius 3 is 2.64 bits per heavy atom. The lowest BCUT2D eigenvalue weighted by Crippen LogP contribution is -1.76. The molecule has 0 bridgehead atoms. The third-order valence-electron chi connectivity index (χ3n) is 1.47. The molecule has 11 heavy (non-hydrogen) atoms. The summed E-state index contributed by atoms with van der Waals surface area (Å²) in [6.07, 6.45) is 7.03. The zero-order valence-corrected chi connectivity index (χ0v) is 5.86. The van der Waals surface area contributed by atoms with Crippen molar-refractivity contribution >= 4 is 0 Å². The summed E-state index contributed by atoms with van der Waals surface area (Å²) < 4.78 is 0. The van der Waals surface area contributed by atoms with E-state index in [1.807, 2.05) is 18.3 Å². The molecule has 2 aromatic rings. The van der Waals surface area contributed by atoms with Gasteiger partial charge in [0.15, 0.2) is 0 Å². The Morgan fingerprint density at radius 2 is 2.00 bits per heavy atom. The zero-order chi connectivity index (χ0) is 7.52. The minimum absolute atomic E-state index is 0.951. The predicted octanol–water partition coefficient (Wildman–Crippen LogP) is 1.47. The minimum atomic E-state index is 0.951. The Kier molecular flexibility index (Phi) is 1.41. The van der Waals surface area contributed by atoms with Crippen molar-refractivity contribution in [1.29, 1.82) is 0 Å². The summed E-state index contributed by atoms with van der Waals surface area (Å²) in [7, 11) is 0. The van der Waals surface area contributed by atoms with Gasteiger partial charge in [-0.05, 0) is 12.1 Å². The fourth-order valence-electron chi connectivity index (χ4n) is 0.941. The van der Waals surface area contributed by atoms with Gasteiger partial charge in [0.2, 0.25) is 0 Å². The number of H-pyrrole nitrogens is 1. The highest BCUT2D eigenvalue weighted by Crippen LogP contribution is 2.12. The fourth-order valence-corrected chi connectivity index (χ4v) is 0.941. The summed E-state index contributed by atoms with van der Waals surface area (Å²) in [5.41, 5.74) is 2.04. The Hall–Kier alpha value is -1.64. The maximum absolute atomic E-state index is 4.10. The average molecular weight is 145 g/mol. The van der Waals surface area contributed by atoms with Crippen molar-refractivity contribution in [3.63, 3.8) is 0 Å². The molecule has 1 N–H and O–H groups in total. The van der Waals surface area contributed by atoms with E-state index >= 15 is 0 Å². The third kappa shape index (κ3) is 1.12. The lowest BCUT2D eigenvalue weighted by Gasteiger charge is -1.91. The first-order valence-electron chi connectivity index (χ1n) is 3.36. The van der Waals surface area contributed by atoms with Crippen LogP contribution in [0.2, 0.25) is 0 Å². The SMILES string of the molecule is c1cc(-c2c[nH]cn2)ccn1. The van der Waals surface area contributed by atoms with Crippen molar-refractivity contribution in [1.82, 2.24) is 15.0 Å². The third-order valence-corrected chi connectivity index (χ3v) is 1.47. The zero-order valence-electron chi connectivity index (χ0n) is 5.86. The molecule has 2 rings (SSSR count). The molecule has 0 amide bonds. The average Bonchev–Trinajstić information content (AvgIpc) is 2.58. The highest BCUT2D eigenvalue weighted by Gasteiger charge is 1.95. The van der Waals surface area contributed by atoms with E-state index in [0.717, 1.165) is 11.3 Å². The summed E-state index contributed by atoms with van der Waals surface area (Å²) >= 11 is 0. The molecule has 3 nitrogen and oxygen atoms in total. The number of nitrogens with zero attached hydrogens (tertiary/aromatic N) is 2. The minimum Gasteiger partial charge on any atom is -0.351 e. The standard InChI is InChI=1S/C8H7N3/c1-3-9-4-2-7(1)8-5-10-6-11-8/h1-6H,(H,10,11). The van der Waals surface area contributed by atoms with Gasteiger partial charge in [-0.2, -0.15) is 0 Å². The van der Waals surface area contributed by atoms with E-state index in [-0.39, 0.29) is 0 Å². The summed E-state index contributed by atoms with van der Waals surface area (Å²) in [4.78, 5) is 10.9. The Balaban J connectivity index is 2.46. The van der Waals surface area contributed by atoms with Crippen LogP contribution in [0.25, 0.3) is 11.3 Å². The number of rotatable bonds is 1. The van der Waals surface area contributed by atoms with E-state index in [4.69, 9.17) is 0 Å². The predicted molar refractivity (Wildman–Crippen MR) is 41.8 cm³/mol. The molecule has 0 atom stereocenters. The van der Waals surface area contributed by atoms with Gasteiger partial charge in [-0.1, -0.05) is 0 Å². The molecule has 0 saturated carbocycles. The van der Waals surface area contributed by atoms with Crippen LogP contribution in [0.3, 0.4) is 0 Å². The number of hydrogen-bond acceptors (Lipinski definition) is 2. The number of aromatic amines is 1. The second-order valence-corrected chi connectivity index (χ2v) is 2.19. The summed E-state index contributed by atoms with van der Waals surface area (Å²) in [6, 6.07) is 3.85. The van der Waals surface area contributed by atoms with Crippen LogP contribution in [0.4, 0.5) is 0 Å². The Bertz CT molecular complexity index is 312. The van der Waals surface area contributed by atoms with Crippen LogP contribution in [0.15, 0.2) is 37.1 Å². The van der Waals surface area contributed by atoms with Gasteiger partial charge in [-0.25, -0.2) is 4.98 Å². The van der Waals surface area contributed by atoms with Gasteiger partial charge in [0, 0.05) is 24.2 Å². The van der Waals surface area contributed by atoms with Crippen LogP contribution in [-0.4, -0.2) is 15.0 Å². The number of imidazole rings is 1. The molecule has 3 heteroatoms. The van der Waals surface area contributed by atoms with Crippen molar-refractivity contribution in [2.45, 2.75) is 0 Å². The molecule has 0 aliphatic heterocycles. The smallest absolute Gasteiger partial charge is 0.0927 e. The maximum Gasteiger partial charge on any atom is 0.0927 e. The lowest BCUT2D eigenvalue weighted by molar-refractivity contribution is 1.30. The lowest BCUT2D eigenvalue weighted by atomic mass is 10.2. The molecule has 0 saturated heterocycles. The monoisotopic (exact) mass is 145 g/mol. The maximum atomic E-state index is 4.10. The van der Waals surface area contributed by atoms with Gasteiger partial charge in [-0.3, -0.25) is 4.98 Å². The molecule has 0 aliphatic rings. The molecular weight excluding hydrogens is 138 g/mol. The van der Waals surface area contributed by atoms with Gasteiger partial charge in [0.05, 0.1) is 12.0 Å². The van der Waals surface area contributed by atoms with Crippen LogP contribution in [0.5, 0.6) is 0 Å². The molecule has 2 heterocycles. The van der Waals surface area contributed by atoms with Crippen LogP contribution >= 0.6 is 0 Å². The second-order valence-electron chi connectivity index (χ2n) is 2.19. The van der Waals surface area contributed by atoms with Crippen molar-refractivity contribution in [3.05, 3.63) is 37.1 Å². The van der Waals surface area contributed by atoms with E-state index in [2.05, 4.69) is 15.0 Å². The fraction of sp³-hybridized carbons (Fsp3) is 0. The largest absolute Gasteiger partial charge is 0.351 e. The molecule has 0 unspecified atom stereocenters. The van der Waals surface area contributed by atoms with Gasteiger partial charge in [0.1, 0.15) is 0 Å².